The van der Waals surface area contributed by atoms with E-state index in [-0.39, 0.29) is 6.42 Å². The fourth-order valence-electron chi connectivity index (χ4n) is 1.63. The van der Waals surface area contributed by atoms with Crippen LogP contribution in [0.3, 0.4) is 0 Å². The summed E-state index contributed by atoms with van der Waals surface area (Å²) in [6.45, 7) is 1.93. The van der Waals surface area contributed by atoms with Gasteiger partial charge in [-0.1, -0.05) is 29.8 Å². The van der Waals surface area contributed by atoms with E-state index in [2.05, 4.69) is 0 Å². The van der Waals surface area contributed by atoms with Crippen molar-refractivity contribution < 1.29 is 13.2 Å². The summed E-state index contributed by atoms with van der Waals surface area (Å²) in [6, 6.07) is 7.18. The van der Waals surface area contributed by atoms with Gasteiger partial charge in [-0.15, -0.1) is 0 Å². The molecule has 0 bridgehead atoms. The lowest BCUT2D eigenvalue weighted by atomic mass is 10.1. The second-order valence-electron chi connectivity index (χ2n) is 3.67. The van der Waals surface area contributed by atoms with Gasteiger partial charge in [-0.05, 0) is 12.5 Å². The van der Waals surface area contributed by atoms with E-state index in [1.807, 2.05) is 23.8 Å². The molecule has 0 aliphatic carbocycles. The van der Waals surface area contributed by atoms with Crippen molar-refractivity contribution in [1.82, 2.24) is 4.72 Å². The Morgan fingerprint density at radius 3 is 2.33 bits per heavy atom. The first-order chi connectivity index (χ1) is 6.99. The Kier molecular flexibility index (Phi) is 2.26. The van der Waals surface area contributed by atoms with Gasteiger partial charge in [-0.2, -0.15) is 0 Å². The highest BCUT2D eigenvalue weighted by atomic mass is 32.2. The van der Waals surface area contributed by atoms with Gasteiger partial charge < -0.3 is 0 Å². The number of amides is 1. The number of carbonyl (C=O) groups is 1. The van der Waals surface area contributed by atoms with Crippen molar-refractivity contribution in [3.8, 4) is 0 Å². The molecule has 1 aromatic carbocycles. The van der Waals surface area contributed by atoms with E-state index in [0.717, 1.165) is 5.56 Å². The molecule has 1 aliphatic rings. The number of rotatable bonds is 1. The number of aryl methyl sites for hydroxylation is 1. The van der Waals surface area contributed by atoms with Crippen LogP contribution >= 0.6 is 0 Å². The lowest BCUT2D eigenvalue weighted by molar-refractivity contribution is -0.118. The van der Waals surface area contributed by atoms with E-state index in [4.69, 9.17) is 0 Å². The van der Waals surface area contributed by atoms with Crippen molar-refractivity contribution >= 4 is 15.9 Å². The van der Waals surface area contributed by atoms with E-state index in [9.17, 15) is 13.2 Å². The molecular formula is C10H11NO3S. The van der Waals surface area contributed by atoms with Crippen molar-refractivity contribution in [3.05, 3.63) is 35.4 Å². The zero-order valence-electron chi connectivity index (χ0n) is 8.23. The summed E-state index contributed by atoms with van der Waals surface area (Å²) in [7, 11) is -3.50. The number of benzene rings is 1. The molecule has 0 spiro atoms. The molecule has 15 heavy (non-hydrogen) atoms. The molecule has 0 saturated carbocycles. The van der Waals surface area contributed by atoms with Gasteiger partial charge in [0.1, 0.15) is 5.25 Å². The molecule has 1 amide bonds. The van der Waals surface area contributed by atoms with Crippen molar-refractivity contribution in [2.75, 3.05) is 0 Å². The molecule has 1 fully saturated rings. The third-order valence-corrected chi connectivity index (χ3v) is 4.15. The molecule has 0 radical (unpaired) electrons. The molecule has 1 saturated heterocycles. The maximum atomic E-state index is 11.5. The third-order valence-electron chi connectivity index (χ3n) is 2.45. The van der Waals surface area contributed by atoms with E-state index in [0.29, 0.717) is 5.56 Å². The molecule has 1 heterocycles. The van der Waals surface area contributed by atoms with Crippen LogP contribution in [0.1, 0.15) is 22.8 Å². The van der Waals surface area contributed by atoms with Crippen molar-refractivity contribution in [2.45, 2.75) is 18.6 Å². The number of hydrogen-bond acceptors (Lipinski definition) is 3. The van der Waals surface area contributed by atoms with Crippen molar-refractivity contribution in [3.63, 3.8) is 0 Å². The summed E-state index contributed by atoms with van der Waals surface area (Å²) in [5.41, 5.74) is 1.73. The number of sulfonamides is 1. The third kappa shape index (κ3) is 1.87. The van der Waals surface area contributed by atoms with Crippen LogP contribution < -0.4 is 4.72 Å². The Hall–Kier alpha value is -1.36. The molecule has 4 nitrogen and oxygen atoms in total. The summed E-state index contributed by atoms with van der Waals surface area (Å²) in [6.07, 6.45) is 0.0192. The Bertz CT molecular complexity index is 490. The lowest BCUT2D eigenvalue weighted by Crippen LogP contribution is -2.21. The summed E-state index contributed by atoms with van der Waals surface area (Å²) >= 11 is 0. The Morgan fingerprint density at radius 1 is 1.27 bits per heavy atom. The minimum absolute atomic E-state index is 0.0192. The monoisotopic (exact) mass is 225 g/mol. The fraction of sp³-hybridized carbons (Fsp3) is 0.300. The Balaban J connectivity index is 2.40. The minimum Gasteiger partial charge on any atom is -0.274 e. The Morgan fingerprint density at radius 2 is 1.87 bits per heavy atom. The molecule has 80 valence electrons. The highest BCUT2D eigenvalue weighted by Gasteiger charge is 2.37. The largest absolute Gasteiger partial charge is 0.274 e. The number of nitrogens with one attached hydrogen (secondary N) is 1. The average molecular weight is 225 g/mol. The zero-order valence-corrected chi connectivity index (χ0v) is 9.04. The van der Waals surface area contributed by atoms with E-state index >= 15 is 0 Å². The normalized spacial score (nSPS) is 23.8. The van der Waals surface area contributed by atoms with Crippen LogP contribution in [-0.2, 0) is 14.8 Å². The van der Waals surface area contributed by atoms with Crippen LogP contribution in [0.15, 0.2) is 24.3 Å². The van der Waals surface area contributed by atoms with Crippen LogP contribution in [-0.4, -0.2) is 14.3 Å². The molecule has 1 aliphatic heterocycles. The predicted molar refractivity (Wildman–Crippen MR) is 55.6 cm³/mol. The van der Waals surface area contributed by atoms with E-state index in [1.54, 1.807) is 12.1 Å². The topological polar surface area (TPSA) is 63.2 Å². The van der Waals surface area contributed by atoms with Gasteiger partial charge in [0, 0.05) is 0 Å². The molecule has 5 heteroatoms. The van der Waals surface area contributed by atoms with Gasteiger partial charge in [0.2, 0.25) is 15.9 Å². The number of carbonyl (C=O) groups excluding carboxylic acids is 1. The fourth-order valence-corrected chi connectivity index (χ4v) is 3.06. The quantitative estimate of drug-likeness (QED) is 0.772. The van der Waals surface area contributed by atoms with E-state index in [1.165, 1.54) is 0 Å². The smallest absolute Gasteiger partial charge is 0.242 e. The van der Waals surface area contributed by atoms with Crippen LogP contribution in [0.25, 0.3) is 0 Å². The van der Waals surface area contributed by atoms with Crippen LogP contribution in [0.4, 0.5) is 0 Å². The zero-order chi connectivity index (χ0) is 11.1. The molecule has 1 unspecified atom stereocenters. The van der Waals surface area contributed by atoms with Gasteiger partial charge >= 0.3 is 0 Å². The molecular weight excluding hydrogens is 214 g/mol. The molecule has 0 aromatic heterocycles. The number of hydrogen-bond donors (Lipinski definition) is 1. The van der Waals surface area contributed by atoms with Crippen LogP contribution in [0.5, 0.6) is 0 Å². The molecule has 2 rings (SSSR count). The van der Waals surface area contributed by atoms with Crippen molar-refractivity contribution in [1.29, 1.82) is 0 Å². The van der Waals surface area contributed by atoms with Gasteiger partial charge in [0.25, 0.3) is 0 Å². The van der Waals surface area contributed by atoms with Crippen LogP contribution in [0.2, 0.25) is 0 Å². The summed E-state index contributed by atoms with van der Waals surface area (Å²) in [5, 5.41) is -0.731. The summed E-state index contributed by atoms with van der Waals surface area (Å²) in [5.74, 6) is -0.430. The molecule has 1 aromatic rings. The molecule has 1 atom stereocenters. The highest BCUT2D eigenvalue weighted by molar-refractivity contribution is 7.90. The predicted octanol–water partition coefficient (Wildman–Crippen LogP) is 0.886. The lowest BCUT2D eigenvalue weighted by Gasteiger charge is -2.07. The SMILES string of the molecule is Cc1ccc(C2CC(=O)NS2(=O)=O)cc1. The van der Waals surface area contributed by atoms with E-state index < -0.39 is 21.2 Å². The van der Waals surface area contributed by atoms with Gasteiger partial charge in [0.15, 0.2) is 0 Å². The Labute approximate surface area is 88.4 Å². The first kappa shape index (κ1) is 10.2. The first-order valence-corrected chi connectivity index (χ1v) is 6.15. The van der Waals surface area contributed by atoms with Gasteiger partial charge in [-0.25, -0.2) is 8.42 Å². The first-order valence-electron chi connectivity index (χ1n) is 4.60. The summed E-state index contributed by atoms with van der Waals surface area (Å²) in [4.78, 5) is 11.0. The van der Waals surface area contributed by atoms with Crippen molar-refractivity contribution in [2.24, 2.45) is 0 Å². The maximum Gasteiger partial charge on any atom is 0.242 e. The summed E-state index contributed by atoms with van der Waals surface area (Å²) < 4.78 is 25.0. The molecule has 1 N–H and O–H groups in total. The highest BCUT2D eigenvalue weighted by Crippen LogP contribution is 2.29. The second-order valence-corrected chi connectivity index (χ2v) is 5.54. The van der Waals surface area contributed by atoms with Gasteiger partial charge in [-0.3, -0.25) is 9.52 Å². The van der Waals surface area contributed by atoms with Crippen LogP contribution in [0, 0.1) is 6.92 Å². The van der Waals surface area contributed by atoms with Gasteiger partial charge in [0.05, 0.1) is 6.42 Å². The minimum atomic E-state index is -3.50. The standard InChI is InChI=1S/C10H11NO3S/c1-7-2-4-8(5-3-7)9-6-10(12)11-15(9,13)14/h2-5,9H,6H2,1H3,(H,11,12). The maximum absolute atomic E-state index is 11.5. The average Bonchev–Trinajstić information content (AvgIpc) is 2.41. The second kappa shape index (κ2) is 3.34.